The minimum absolute atomic E-state index is 0.000834. The Kier molecular flexibility index (Phi) is 7.61. The molecule has 0 fully saturated rings. The van der Waals surface area contributed by atoms with Gasteiger partial charge >= 0.3 is 18.7 Å². The summed E-state index contributed by atoms with van der Waals surface area (Å²) < 4.78 is 46.1. The van der Waals surface area contributed by atoms with Crippen LogP contribution >= 0.6 is 11.6 Å². The fraction of sp³-hybridized carbons (Fsp3) is 0.143. The molecule has 3 heterocycles. The molecule has 0 atom stereocenters. The van der Waals surface area contributed by atoms with Crippen LogP contribution < -0.4 is 16.1 Å². The maximum Gasteiger partial charge on any atom is 0.440 e. The molecule has 0 radical (unpaired) electrons. The van der Waals surface area contributed by atoms with Crippen LogP contribution in [0.4, 0.5) is 29.5 Å². The molecule has 4 N–H and O–H groups in total. The van der Waals surface area contributed by atoms with Gasteiger partial charge in [0.1, 0.15) is 12.3 Å². The predicted octanol–water partition coefficient (Wildman–Crippen LogP) is 3.08. The molecule has 0 aliphatic rings. The molecule has 3 aromatic heterocycles. The van der Waals surface area contributed by atoms with Gasteiger partial charge in [0.25, 0.3) is 5.91 Å². The highest BCUT2D eigenvalue weighted by molar-refractivity contribution is 6.34. The summed E-state index contributed by atoms with van der Waals surface area (Å²) in [7, 11) is 0. The maximum atomic E-state index is 13.3. The van der Waals surface area contributed by atoms with Crippen molar-refractivity contribution in [3.8, 4) is 11.3 Å². The van der Waals surface area contributed by atoms with Gasteiger partial charge in [0.2, 0.25) is 0 Å². The largest absolute Gasteiger partial charge is 0.446 e. The van der Waals surface area contributed by atoms with Crippen molar-refractivity contribution < 1.29 is 37.1 Å². The number of hydroxylamine groups is 1. The first kappa shape index (κ1) is 26.2. The first-order valence-corrected chi connectivity index (χ1v) is 10.9. The van der Waals surface area contributed by atoms with Crippen LogP contribution in [0.2, 0.25) is 5.02 Å². The average Bonchev–Trinajstić information content (AvgIpc) is 3.53. The van der Waals surface area contributed by atoms with E-state index in [9.17, 15) is 27.6 Å². The molecule has 1 aromatic carbocycles. The van der Waals surface area contributed by atoms with Crippen molar-refractivity contribution in [2.24, 2.45) is 0 Å². The Labute approximate surface area is 215 Å². The Morgan fingerprint density at radius 3 is 2.76 bits per heavy atom. The van der Waals surface area contributed by atoms with Gasteiger partial charge in [-0.1, -0.05) is 11.6 Å². The quantitative estimate of drug-likeness (QED) is 0.139. The lowest BCUT2D eigenvalue weighted by Gasteiger charge is -2.11. The van der Waals surface area contributed by atoms with Gasteiger partial charge in [-0.05, 0) is 18.2 Å². The van der Waals surface area contributed by atoms with Crippen molar-refractivity contribution in [2.45, 2.75) is 6.18 Å². The summed E-state index contributed by atoms with van der Waals surface area (Å²) in [6.07, 6.45) is -0.483. The lowest BCUT2D eigenvalue weighted by atomic mass is 10.2. The van der Waals surface area contributed by atoms with Gasteiger partial charge in [-0.2, -0.15) is 18.3 Å². The normalized spacial score (nSPS) is 11.2. The van der Waals surface area contributed by atoms with Gasteiger partial charge in [0.15, 0.2) is 11.5 Å². The van der Waals surface area contributed by atoms with E-state index in [0.29, 0.717) is 5.69 Å². The Balaban J connectivity index is 1.45. The number of ether oxygens (including phenoxy) is 1. The van der Waals surface area contributed by atoms with Crippen molar-refractivity contribution in [3.63, 3.8) is 0 Å². The number of alkyl halides is 3. The Morgan fingerprint density at radius 1 is 1.21 bits per heavy atom. The van der Waals surface area contributed by atoms with Crippen LogP contribution in [0.25, 0.3) is 16.9 Å². The molecule has 0 saturated heterocycles. The van der Waals surface area contributed by atoms with Crippen LogP contribution in [0.1, 0.15) is 16.1 Å². The van der Waals surface area contributed by atoms with Crippen molar-refractivity contribution in [1.82, 2.24) is 35.4 Å². The van der Waals surface area contributed by atoms with Gasteiger partial charge in [-0.25, -0.2) is 14.8 Å². The smallest absolute Gasteiger partial charge is 0.440 e. The summed E-state index contributed by atoms with van der Waals surface area (Å²) in [6, 6.07) is 4.42. The number of imidazole rings is 1. The molecule has 4 rings (SSSR count). The number of aromatic amines is 1. The number of hydrogen-bond acceptors (Lipinski definition) is 9. The maximum absolute atomic E-state index is 13.3. The number of nitrogens with zero attached hydrogens (tertiary/aromatic N) is 4. The number of rotatable bonds is 9. The number of benzene rings is 1. The molecule has 0 aliphatic heterocycles. The van der Waals surface area contributed by atoms with Crippen molar-refractivity contribution in [1.29, 1.82) is 0 Å². The molecule has 0 spiro atoms. The second-order valence-electron chi connectivity index (χ2n) is 7.30. The minimum atomic E-state index is -4.64. The number of H-pyrrole nitrogens is 1. The minimum Gasteiger partial charge on any atom is -0.446 e. The van der Waals surface area contributed by atoms with E-state index in [2.05, 4.69) is 35.3 Å². The lowest BCUT2D eigenvalue weighted by Crippen LogP contribution is -2.31. The molecule has 17 heteroatoms. The highest BCUT2D eigenvalue weighted by Gasteiger charge is 2.36. The SMILES string of the molecule is O=CONC(=O)OCCNC(=O)c1ccc(Nc2nccn3c(-c4cn[nH]c4C(F)(F)F)cnc23)cc1Cl. The van der Waals surface area contributed by atoms with Crippen LogP contribution in [0.15, 0.2) is 43.0 Å². The van der Waals surface area contributed by atoms with Gasteiger partial charge in [-0.15, -0.1) is 5.48 Å². The molecule has 0 aliphatic carbocycles. The third-order valence-electron chi connectivity index (χ3n) is 4.91. The molecule has 0 bridgehead atoms. The molecular formula is C21H16ClF3N8O5. The first-order valence-electron chi connectivity index (χ1n) is 10.5. The summed E-state index contributed by atoms with van der Waals surface area (Å²) in [6.45, 7) is -0.256. The van der Waals surface area contributed by atoms with Crippen LogP contribution in [-0.4, -0.2) is 56.2 Å². The highest BCUT2D eigenvalue weighted by atomic mass is 35.5. The Morgan fingerprint density at radius 2 is 2.03 bits per heavy atom. The fourth-order valence-electron chi connectivity index (χ4n) is 3.32. The zero-order valence-corrected chi connectivity index (χ0v) is 19.6. The van der Waals surface area contributed by atoms with Crippen LogP contribution in [0, 0.1) is 0 Å². The number of amides is 2. The molecule has 0 saturated carbocycles. The van der Waals surface area contributed by atoms with Crippen molar-refractivity contribution >= 4 is 47.2 Å². The molecule has 38 heavy (non-hydrogen) atoms. The second-order valence-corrected chi connectivity index (χ2v) is 7.70. The van der Waals surface area contributed by atoms with Crippen molar-refractivity contribution in [2.75, 3.05) is 18.5 Å². The number of aromatic nitrogens is 5. The Bertz CT molecular complexity index is 1490. The van der Waals surface area contributed by atoms with E-state index in [1.165, 1.54) is 41.2 Å². The molecule has 13 nitrogen and oxygen atoms in total. The third-order valence-corrected chi connectivity index (χ3v) is 5.23. The summed E-state index contributed by atoms with van der Waals surface area (Å²) >= 11 is 6.26. The van der Waals surface area contributed by atoms with Crippen LogP contribution in [0.3, 0.4) is 0 Å². The zero-order chi connectivity index (χ0) is 27.3. The van der Waals surface area contributed by atoms with Gasteiger partial charge < -0.3 is 20.2 Å². The summed E-state index contributed by atoms with van der Waals surface area (Å²) in [4.78, 5) is 45.9. The number of hydrogen-bond donors (Lipinski definition) is 4. The van der Waals surface area contributed by atoms with Crippen molar-refractivity contribution in [3.05, 3.63) is 59.3 Å². The average molecular weight is 553 g/mol. The topological polar surface area (TPSA) is 165 Å². The van der Waals surface area contributed by atoms with E-state index < -0.39 is 23.9 Å². The number of anilines is 2. The zero-order valence-electron chi connectivity index (χ0n) is 18.9. The van der Waals surface area contributed by atoms with E-state index in [4.69, 9.17) is 11.6 Å². The number of fused-ring (bicyclic) bond motifs is 1. The van der Waals surface area contributed by atoms with E-state index in [1.807, 2.05) is 5.10 Å². The monoisotopic (exact) mass is 552 g/mol. The highest BCUT2D eigenvalue weighted by Crippen LogP contribution is 2.36. The second kappa shape index (κ2) is 11.0. The standard InChI is InChI=1S/C21H16ClF3N8O5/c22-14-7-11(1-2-12(14)19(35)27-4-6-37-20(36)32-38-10-34)30-17-18-28-9-15(33(18)5-3-26-17)13-8-29-31-16(13)21(23,24)25/h1-3,5,7-10H,4,6H2,(H,26,30)(H,27,35)(H,29,31)(H,32,36). The lowest BCUT2D eigenvalue weighted by molar-refractivity contribution is -0.140. The molecule has 4 aromatic rings. The predicted molar refractivity (Wildman–Crippen MR) is 124 cm³/mol. The summed E-state index contributed by atoms with van der Waals surface area (Å²) in [5.41, 5.74) is 1.43. The third kappa shape index (κ3) is 5.75. The van der Waals surface area contributed by atoms with E-state index in [1.54, 1.807) is 5.48 Å². The van der Waals surface area contributed by atoms with Gasteiger partial charge in [0, 0.05) is 18.1 Å². The van der Waals surface area contributed by atoms with E-state index in [-0.39, 0.29) is 52.9 Å². The fourth-order valence-corrected chi connectivity index (χ4v) is 3.59. The molecule has 2 amide bonds. The van der Waals surface area contributed by atoms with Crippen LogP contribution in [0.5, 0.6) is 0 Å². The number of carbonyl (C=O) groups is 3. The molecular weight excluding hydrogens is 537 g/mol. The molecule has 0 unspecified atom stereocenters. The molecule has 198 valence electrons. The number of halogens is 4. The Hall–Kier alpha value is -4.86. The number of nitrogens with one attached hydrogen (secondary N) is 4. The van der Waals surface area contributed by atoms with Gasteiger partial charge in [-0.3, -0.25) is 19.1 Å². The summed E-state index contributed by atoms with van der Waals surface area (Å²) in [5, 5.41) is 11.0. The number of carbonyl (C=O) groups excluding carboxylic acids is 3. The van der Waals surface area contributed by atoms with Gasteiger partial charge in [0.05, 0.1) is 40.8 Å². The van der Waals surface area contributed by atoms with Crippen LogP contribution in [-0.2, 0) is 20.5 Å². The summed E-state index contributed by atoms with van der Waals surface area (Å²) in [5.74, 6) is -0.327. The van der Waals surface area contributed by atoms with E-state index in [0.717, 1.165) is 6.20 Å². The van der Waals surface area contributed by atoms with E-state index >= 15 is 0 Å². The first-order chi connectivity index (χ1) is 18.2.